The van der Waals surface area contributed by atoms with Gasteiger partial charge in [-0.25, -0.2) is 4.79 Å². The molecule has 1 heterocycles. The summed E-state index contributed by atoms with van der Waals surface area (Å²) in [5.74, 6) is -0.474. The molecule has 0 saturated carbocycles. The third-order valence-electron chi connectivity index (χ3n) is 3.80. The summed E-state index contributed by atoms with van der Waals surface area (Å²) in [6.07, 6.45) is 3.57. The second-order valence-electron chi connectivity index (χ2n) is 5.92. The molecule has 0 aliphatic carbocycles. The lowest BCUT2D eigenvalue weighted by Crippen LogP contribution is -2.43. The highest BCUT2D eigenvalue weighted by molar-refractivity contribution is 5.97. The number of rotatable bonds is 7. The lowest BCUT2D eigenvalue weighted by Gasteiger charge is -2.22. The van der Waals surface area contributed by atoms with Gasteiger partial charge in [0, 0.05) is 12.3 Å². The first-order valence-electron chi connectivity index (χ1n) is 8.19. The van der Waals surface area contributed by atoms with Crippen LogP contribution < -0.4 is 16.4 Å². The predicted molar refractivity (Wildman–Crippen MR) is 90.5 cm³/mol. The molecule has 132 valence electrons. The van der Waals surface area contributed by atoms with E-state index in [-0.39, 0.29) is 6.10 Å². The molecule has 0 radical (unpaired) electrons. The normalized spacial score (nSPS) is 18.6. The fourth-order valence-corrected chi connectivity index (χ4v) is 2.54. The summed E-state index contributed by atoms with van der Waals surface area (Å²) in [4.78, 5) is 22.4. The maximum absolute atomic E-state index is 11.7. The highest BCUT2D eigenvalue weighted by Crippen LogP contribution is 2.15. The number of amides is 3. The zero-order valence-corrected chi connectivity index (χ0v) is 13.9. The first kappa shape index (κ1) is 18.2. The molecule has 0 spiro atoms. The third-order valence-corrected chi connectivity index (χ3v) is 3.80. The van der Waals surface area contributed by atoms with Crippen LogP contribution in [0.4, 0.5) is 10.5 Å². The quantitative estimate of drug-likeness (QED) is 0.705. The molecule has 3 amide bonds. The Morgan fingerprint density at radius 3 is 2.96 bits per heavy atom. The molecule has 1 fully saturated rings. The van der Waals surface area contributed by atoms with Crippen molar-refractivity contribution in [1.29, 1.82) is 0 Å². The summed E-state index contributed by atoms with van der Waals surface area (Å²) in [6, 6.07) is 6.17. The van der Waals surface area contributed by atoms with E-state index in [1.807, 2.05) is 29.6 Å². The maximum atomic E-state index is 11.7. The average molecular weight is 335 g/mol. The minimum absolute atomic E-state index is 0.192. The van der Waals surface area contributed by atoms with Crippen LogP contribution in [0, 0.1) is 0 Å². The molecule has 1 aromatic rings. The molecule has 24 heavy (non-hydrogen) atoms. The van der Waals surface area contributed by atoms with E-state index in [9.17, 15) is 9.59 Å². The number of carbonyl (C=O) groups is 2. The van der Waals surface area contributed by atoms with Gasteiger partial charge < -0.3 is 20.5 Å². The van der Waals surface area contributed by atoms with Gasteiger partial charge in [-0.3, -0.25) is 10.1 Å². The van der Waals surface area contributed by atoms with Crippen molar-refractivity contribution < 1.29 is 19.1 Å². The summed E-state index contributed by atoms with van der Waals surface area (Å²) in [6.45, 7) is 3.55. The molecular formula is C17H25N3O4. The lowest BCUT2D eigenvalue weighted by atomic mass is 10.1. The Kier molecular flexibility index (Phi) is 7.02. The summed E-state index contributed by atoms with van der Waals surface area (Å²) >= 11 is 0. The minimum atomic E-state index is -0.860. The smallest absolute Gasteiger partial charge is 0.318 e. The van der Waals surface area contributed by atoms with E-state index in [2.05, 4.69) is 5.32 Å². The van der Waals surface area contributed by atoms with Crippen molar-refractivity contribution in [1.82, 2.24) is 5.32 Å². The van der Waals surface area contributed by atoms with Crippen LogP contribution in [-0.4, -0.2) is 37.3 Å². The molecule has 0 aromatic heterocycles. The monoisotopic (exact) mass is 335 g/mol. The summed E-state index contributed by atoms with van der Waals surface area (Å²) in [5, 5.41) is 5.07. The molecule has 1 aliphatic rings. The first-order valence-corrected chi connectivity index (χ1v) is 8.19. The summed E-state index contributed by atoms with van der Waals surface area (Å²) < 4.78 is 11.4. The van der Waals surface area contributed by atoms with E-state index in [1.165, 1.54) is 6.42 Å². The van der Waals surface area contributed by atoms with Crippen molar-refractivity contribution in [3.8, 4) is 0 Å². The number of nitrogens with one attached hydrogen (secondary N) is 2. The van der Waals surface area contributed by atoms with Gasteiger partial charge in [0.05, 0.1) is 19.3 Å². The Hall–Kier alpha value is -2.12. The zero-order chi connectivity index (χ0) is 17.4. The molecule has 7 heteroatoms. The van der Waals surface area contributed by atoms with Crippen molar-refractivity contribution in [3.05, 3.63) is 29.8 Å². The fraction of sp³-hybridized carbons (Fsp3) is 0.529. The van der Waals surface area contributed by atoms with Crippen molar-refractivity contribution >= 4 is 17.6 Å². The number of benzene rings is 1. The second kappa shape index (κ2) is 9.24. The Labute approximate surface area is 141 Å². The zero-order valence-electron chi connectivity index (χ0n) is 13.9. The van der Waals surface area contributed by atoms with Crippen molar-refractivity contribution in [2.45, 2.75) is 44.9 Å². The van der Waals surface area contributed by atoms with Crippen LogP contribution in [0.25, 0.3) is 0 Å². The van der Waals surface area contributed by atoms with Crippen molar-refractivity contribution in [2.75, 3.05) is 18.5 Å². The number of anilines is 1. The molecule has 2 rings (SSSR count). The molecule has 0 unspecified atom stereocenters. The third kappa shape index (κ3) is 6.17. The highest BCUT2D eigenvalue weighted by Gasteiger charge is 2.15. The first-order chi connectivity index (χ1) is 11.5. The average Bonchev–Trinajstić information content (AvgIpc) is 2.55. The molecule has 1 aromatic carbocycles. The number of ether oxygens (including phenoxy) is 2. The van der Waals surface area contributed by atoms with Crippen LogP contribution in [0.3, 0.4) is 0 Å². The lowest BCUT2D eigenvalue weighted by molar-refractivity contribution is -0.120. The molecule has 0 bridgehead atoms. The van der Waals surface area contributed by atoms with E-state index in [0.717, 1.165) is 30.7 Å². The van der Waals surface area contributed by atoms with Crippen LogP contribution in [0.15, 0.2) is 24.3 Å². The minimum Gasteiger partial charge on any atom is -0.376 e. The van der Waals surface area contributed by atoms with E-state index in [4.69, 9.17) is 15.2 Å². The number of hydrogen-bond donors (Lipinski definition) is 3. The number of carbonyl (C=O) groups excluding carboxylic acids is 2. The van der Waals surface area contributed by atoms with Crippen LogP contribution in [-0.2, 0) is 20.9 Å². The number of urea groups is 1. The topological polar surface area (TPSA) is 103 Å². The molecular weight excluding hydrogens is 310 g/mol. The Balaban J connectivity index is 1.79. The largest absolute Gasteiger partial charge is 0.376 e. The van der Waals surface area contributed by atoms with Crippen LogP contribution in [0.1, 0.15) is 31.7 Å². The molecule has 1 aliphatic heterocycles. The molecule has 1 saturated heterocycles. The van der Waals surface area contributed by atoms with Crippen molar-refractivity contribution in [3.63, 3.8) is 0 Å². The van der Waals surface area contributed by atoms with Gasteiger partial charge >= 0.3 is 6.03 Å². The molecule has 2 atom stereocenters. The summed E-state index contributed by atoms with van der Waals surface area (Å²) in [5.41, 5.74) is 6.71. The van der Waals surface area contributed by atoms with E-state index in [1.54, 1.807) is 6.92 Å². The second-order valence-corrected chi connectivity index (χ2v) is 5.92. The van der Waals surface area contributed by atoms with Crippen molar-refractivity contribution in [2.24, 2.45) is 5.73 Å². The van der Waals surface area contributed by atoms with Gasteiger partial charge in [-0.15, -0.1) is 0 Å². The number of imide groups is 1. The van der Waals surface area contributed by atoms with Gasteiger partial charge in [0.25, 0.3) is 0 Å². The predicted octanol–water partition coefficient (Wildman–Crippen LogP) is 1.77. The fourth-order valence-electron chi connectivity index (χ4n) is 2.54. The molecule has 4 N–H and O–H groups in total. The van der Waals surface area contributed by atoms with E-state index in [0.29, 0.717) is 13.2 Å². The number of primary amides is 1. The number of nitrogens with two attached hydrogens (primary N) is 1. The van der Waals surface area contributed by atoms with Crippen LogP contribution >= 0.6 is 0 Å². The Bertz CT molecular complexity index is 559. The van der Waals surface area contributed by atoms with Gasteiger partial charge in [0.15, 0.2) is 0 Å². The van der Waals surface area contributed by atoms with Crippen LogP contribution in [0.2, 0.25) is 0 Å². The van der Waals surface area contributed by atoms with E-state index >= 15 is 0 Å². The highest BCUT2D eigenvalue weighted by atomic mass is 16.5. The van der Waals surface area contributed by atoms with Gasteiger partial charge in [0.1, 0.15) is 6.04 Å². The summed E-state index contributed by atoms with van der Waals surface area (Å²) in [7, 11) is 0. The standard InChI is InChI=1S/C17H25N3O4/c1-12(16(21)20-17(18)22)19-14-6-4-5-13(9-14)10-23-11-15-7-2-3-8-24-15/h4-6,9,12,15,19H,2-3,7-8,10-11H2,1H3,(H3,18,20,21,22)/t12-,15+/m0/s1. The van der Waals surface area contributed by atoms with Gasteiger partial charge in [-0.2, -0.15) is 0 Å². The van der Waals surface area contributed by atoms with E-state index < -0.39 is 18.0 Å². The van der Waals surface area contributed by atoms with Gasteiger partial charge in [0.2, 0.25) is 5.91 Å². The SMILES string of the molecule is C[C@H](Nc1cccc(COC[C@H]2CCCCO2)c1)C(=O)NC(N)=O. The van der Waals surface area contributed by atoms with Gasteiger partial charge in [-0.05, 0) is 43.9 Å². The van der Waals surface area contributed by atoms with Gasteiger partial charge in [-0.1, -0.05) is 12.1 Å². The maximum Gasteiger partial charge on any atom is 0.318 e. The number of hydrogen-bond acceptors (Lipinski definition) is 5. The van der Waals surface area contributed by atoms with Crippen LogP contribution in [0.5, 0.6) is 0 Å². The Morgan fingerprint density at radius 2 is 2.25 bits per heavy atom. The Morgan fingerprint density at radius 1 is 1.42 bits per heavy atom. The molecule has 7 nitrogen and oxygen atoms in total.